The van der Waals surface area contributed by atoms with Gasteiger partial charge in [-0.25, -0.2) is 14.7 Å². The van der Waals surface area contributed by atoms with E-state index in [9.17, 15) is 13.6 Å². The highest BCUT2D eigenvalue weighted by atomic mass is 19.3. The Hall–Kier alpha value is -3.95. The summed E-state index contributed by atoms with van der Waals surface area (Å²) in [6.45, 7) is -0.415. The molecule has 1 aliphatic rings. The molecule has 4 rings (SSSR count). The van der Waals surface area contributed by atoms with E-state index < -0.39 is 6.61 Å². The monoisotopic (exact) mass is 442 g/mol. The second-order valence-electron chi connectivity index (χ2n) is 6.70. The van der Waals surface area contributed by atoms with E-state index in [-0.39, 0.29) is 18.3 Å². The van der Waals surface area contributed by atoms with E-state index in [1.165, 1.54) is 36.3 Å². The van der Waals surface area contributed by atoms with Crippen LogP contribution in [0.25, 0.3) is 0 Å². The molecule has 0 aliphatic carbocycles. The average Bonchev–Trinajstić information content (AvgIpc) is 2.79. The molecule has 1 aliphatic heterocycles. The van der Waals surface area contributed by atoms with E-state index in [0.29, 0.717) is 35.6 Å². The van der Waals surface area contributed by atoms with Crippen LogP contribution in [0.2, 0.25) is 0 Å². The number of amides is 2. The van der Waals surface area contributed by atoms with Gasteiger partial charge in [0.1, 0.15) is 11.6 Å². The van der Waals surface area contributed by atoms with Gasteiger partial charge in [-0.15, -0.1) is 0 Å². The topological polar surface area (TPSA) is 77.0 Å². The van der Waals surface area contributed by atoms with Gasteiger partial charge in [-0.3, -0.25) is 4.90 Å². The molecule has 3 heterocycles. The van der Waals surface area contributed by atoms with E-state index in [4.69, 9.17) is 9.47 Å². The number of nitrogens with zero attached hydrogens (tertiary/aromatic N) is 4. The summed E-state index contributed by atoms with van der Waals surface area (Å²) in [4.78, 5) is 25.1. The Morgan fingerprint density at radius 2 is 1.84 bits per heavy atom. The van der Waals surface area contributed by atoms with Gasteiger partial charge in [-0.1, -0.05) is 0 Å². The molecule has 8 nitrogen and oxygen atoms in total. The van der Waals surface area contributed by atoms with Gasteiger partial charge in [0.25, 0.3) is 0 Å². The first-order valence-electron chi connectivity index (χ1n) is 9.79. The summed E-state index contributed by atoms with van der Waals surface area (Å²) < 4.78 is 40.1. The molecular weight excluding hydrogens is 422 g/mol. The predicted molar refractivity (Wildman–Crippen MR) is 113 cm³/mol. The fraction of sp³-hybridized carbons (Fsp3) is 0.227. The second-order valence-corrected chi connectivity index (χ2v) is 6.70. The molecule has 0 radical (unpaired) electrons. The second kappa shape index (κ2) is 9.04. The van der Waals surface area contributed by atoms with Crippen molar-refractivity contribution in [2.24, 2.45) is 0 Å². The van der Waals surface area contributed by atoms with Crippen LogP contribution in [0.5, 0.6) is 17.5 Å². The third kappa shape index (κ3) is 4.25. The van der Waals surface area contributed by atoms with Gasteiger partial charge >= 0.3 is 12.6 Å². The number of anilines is 3. The fourth-order valence-corrected chi connectivity index (χ4v) is 3.34. The highest BCUT2D eigenvalue weighted by Crippen LogP contribution is 2.37. The van der Waals surface area contributed by atoms with Crippen molar-refractivity contribution in [2.75, 3.05) is 23.5 Å². The number of alkyl halides is 2. The van der Waals surface area contributed by atoms with Crippen molar-refractivity contribution in [3.8, 4) is 17.5 Å². The minimum Gasteiger partial charge on any atom is -0.481 e. The number of hydrogen-bond donors (Lipinski definition) is 0. The first-order valence-corrected chi connectivity index (χ1v) is 9.79. The molecule has 0 N–H and O–H groups in total. The number of carbonyl (C=O) groups excluding carboxylic acids is 1. The molecule has 10 heteroatoms. The number of carbonyl (C=O) groups is 1. The van der Waals surface area contributed by atoms with Gasteiger partial charge in [0.05, 0.1) is 31.6 Å². The minimum atomic E-state index is -2.94. The Morgan fingerprint density at radius 3 is 2.53 bits per heavy atom. The van der Waals surface area contributed by atoms with Crippen molar-refractivity contribution in [3.63, 3.8) is 0 Å². The molecule has 0 saturated carbocycles. The first-order chi connectivity index (χ1) is 15.5. The Kier molecular flexibility index (Phi) is 6.02. The Morgan fingerprint density at radius 1 is 1.06 bits per heavy atom. The zero-order valence-electron chi connectivity index (χ0n) is 17.4. The molecule has 0 saturated heterocycles. The summed E-state index contributed by atoms with van der Waals surface area (Å²) in [7, 11) is 1.49. The van der Waals surface area contributed by atoms with Crippen molar-refractivity contribution in [2.45, 2.75) is 20.1 Å². The SMILES string of the molecule is CCOc1ccc2c(n1)N(c1ccc(OC(F)F)cc1)C(=O)N(c1ccnc(OC)c1)C2. The third-order valence-electron chi connectivity index (χ3n) is 4.74. The Bertz CT molecular complexity index is 1110. The van der Waals surface area contributed by atoms with Crippen molar-refractivity contribution < 1.29 is 27.8 Å². The number of rotatable bonds is 7. The number of halogens is 2. The summed E-state index contributed by atoms with van der Waals surface area (Å²) in [5.74, 6) is 1.13. The van der Waals surface area contributed by atoms with Crippen LogP contribution in [0.1, 0.15) is 12.5 Å². The maximum atomic E-state index is 13.6. The van der Waals surface area contributed by atoms with Crippen LogP contribution in [-0.4, -0.2) is 36.3 Å². The third-order valence-corrected chi connectivity index (χ3v) is 4.74. The quantitative estimate of drug-likeness (QED) is 0.525. The number of benzene rings is 1. The van der Waals surface area contributed by atoms with Crippen LogP contribution in [-0.2, 0) is 6.54 Å². The minimum absolute atomic E-state index is 0.0137. The summed E-state index contributed by atoms with van der Waals surface area (Å²) in [5.41, 5.74) is 1.80. The molecule has 32 heavy (non-hydrogen) atoms. The molecule has 0 spiro atoms. The molecule has 3 aromatic rings. The Labute approximate surface area is 183 Å². The lowest BCUT2D eigenvalue weighted by atomic mass is 10.1. The lowest BCUT2D eigenvalue weighted by Crippen LogP contribution is -2.45. The maximum absolute atomic E-state index is 13.6. The van der Waals surface area contributed by atoms with Gasteiger partial charge in [0, 0.05) is 23.9 Å². The average molecular weight is 442 g/mol. The summed E-state index contributed by atoms with van der Waals surface area (Å²) >= 11 is 0. The zero-order valence-corrected chi connectivity index (χ0v) is 17.4. The maximum Gasteiger partial charge on any atom is 0.387 e. The van der Waals surface area contributed by atoms with Crippen molar-refractivity contribution >= 4 is 23.2 Å². The molecular formula is C22H20F2N4O4. The number of ether oxygens (including phenoxy) is 3. The van der Waals surface area contributed by atoms with Crippen LogP contribution >= 0.6 is 0 Å². The standard InChI is InChI=1S/C22H20F2N4O4/c1-3-31-18-9-4-14-13-27(16-10-11-25-19(12-16)30-2)22(29)28(20(14)26-18)15-5-7-17(8-6-15)32-21(23)24/h4-12,21H,3,13H2,1-2H3. The van der Waals surface area contributed by atoms with E-state index in [2.05, 4.69) is 14.7 Å². The lowest BCUT2D eigenvalue weighted by Gasteiger charge is -2.36. The number of aromatic nitrogens is 2. The molecule has 2 aromatic heterocycles. The highest BCUT2D eigenvalue weighted by Gasteiger charge is 2.34. The number of urea groups is 1. The smallest absolute Gasteiger partial charge is 0.387 e. The Balaban J connectivity index is 1.78. The number of hydrogen-bond acceptors (Lipinski definition) is 6. The molecule has 0 bridgehead atoms. The predicted octanol–water partition coefficient (Wildman–Crippen LogP) is 4.76. The van der Waals surface area contributed by atoms with E-state index in [0.717, 1.165) is 5.56 Å². The van der Waals surface area contributed by atoms with Gasteiger partial charge in [-0.05, 0) is 43.3 Å². The fourth-order valence-electron chi connectivity index (χ4n) is 3.34. The zero-order chi connectivity index (χ0) is 22.7. The van der Waals surface area contributed by atoms with Crippen LogP contribution in [0.15, 0.2) is 54.7 Å². The van der Waals surface area contributed by atoms with E-state index in [1.807, 2.05) is 13.0 Å². The van der Waals surface area contributed by atoms with Crippen molar-refractivity contribution in [3.05, 3.63) is 60.3 Å². The van der Waals surface area contributed by atoms with E-state index >= 15 is 0 Å². The van der Waals surface area contributed by atoms with Crippen LogP contribution in [0, 0.1) is 0 Å². The van der Waals surface area contributed by atoms with Gasteiger partial charge in [0.15, 0.2) is 0 Å². The summed E-state index contributed by atoms with van der Waals surface area (Å²) in [5, 5.41) is 0. The normalized spacial score (nSPS) is 13.2. The number of pyridine rings is 2. The summed E-state index contributed by atoms with van der Waals surface area (Å²) in [6.07, 6.45) is 1.55. The first kappa shape index (κ1) is 21.3. The van der Waals surface area contributed by atoms with Crippen LogP contribution < -0.4 is 24.0 Å². The van der Waals surface area contributed by atoms with Crippen molar-refractivity contribution in [1.82, 2.24) is 9.97 Å². The van der Waals surface area contributed by atoms with Gasteiger partial charge in [-0.2, -0.15) is 13.8 Å². The molecule has 0 atom stereocenters. The highest BCUT2D eigenvalue weighted by molar-refractivity contribution is 6.10. The number of methoxy groups -OCH3 is 1. The number of fused-ring (bicyclic) bond motifs is 1. The molecule has 1 aromatic carbocycles. The van der Waals surface area contributed by atoms with Gasteiger partial charge < -0.3 is 14.2 Å². The molecule has 166 valence electrons. The van der Waals surface area contributed by atoms with Crippen molar-refractivity contribution in [1.29, 1.82) is 0 Å². The molecule has 0 unspecified atom stereocenters. The molecule has 2 amide bonds. The summed E-state index contributed by atoms with van der Waals surface area (Å²) in [6, 6.07) is 12.3. The van der Waals surface area contributed by atoms with Crippen LogP contribution in [0.3, 0.4) is 0 Å². The largest absolute Gasteiger partial charge is 0.481 e. The van der Waals surface area contributed by atoms with Gasteiger partial charge in [0.2, 0.25) is 11.8 Å². The van der Waals surface area contributed by atoms with E-state index in [1.54, 1.807) is 29.3 Å². The molecule has 0 fully saturated rings. The lowest BCUT2D eigenvalue weighted by molar-refractivity contribution is -0.0498. The van der Waals surface area contributed by atoms with Crippen LogP contribution in [0.4, 0.5) is 30.8 Å².